The van der Waals surface area contributed by atoms with E-state index in [0.29, 0.717) is 0 Å². The van der Waals surface area contributed by atoms with Crippen LogP contribution in [0.25, 0.3) is 0 Å². The lowest BCUT2D eigenvalue weighted by Gasteiger charge is -2.11. The SMILES string of the molecule is C[C@H](N)Cc1n[nH]c2c1CCCC2. The van der Waals surface area contributed by atoms with E-state index in [0.717, 1.165) is 6.42 Å². The van der Waals surface area contributed by atoms with Crippen molar-refractivity contribution in [3.8, 4) is 0 Å². The molecule has 3 heteroatoms. The van der Waals surface area contributed by atoms with Gasteiger partial charge in [0.2, 0.25) is 0 Å². The van der Waals surface area contributed by atoms with Crippen LogP contribution in [0.15, 0.2) is 0 Å². The molecule has 0 amide bonds. The molecule has 1 aliphatic rings. The highest BCUT2D eigenvalue weighted by atomic mass is 15.1. The molecule has 0 saturated heterocycles. The topological polar surface area (TPSA) is 54.7 Å². The van der Waals surface area contributed by atoms with Crippen molar-refractivity contribution >= 4 is 0 Å². The van der Waals surface area contributed by atoms with Crippen LogP contribution < -0.4 is 5.73 Å². The molecule has 1 atom stereocenters. The molecule has 0 spiro atoms. The van der Waals surface area contributed by atoms with Gasteiger partial charge in [-0.3, -0.25) is 5.10 Å². The zero-order chi connectivity index (χ0) is 9.26. The highest BCUT2D eigenvalue weighted by molar-refractivity contribution is 5.28. The minimum atomic E-state index is 0.217. The molecule has 0 saturated carbocycles. The molecule has 0 aromatic carbocycles. The summed E-state index contributed by atoms with van der Waals surface area (Å²) in [4.78, 5) is 0. The standard InChI is InChI=1S/C10H17N3/c1-7(11)6-10-8-4-2-3-5-9(8)12-13-10/h7H,2-6,11H2,1H3,(H,12,13)/t7-/m0/s1. The maximum Gasteiger partial charge on any atom is 0.0672 e. The number of aryl methyl sites for hydroxylation is 1. The van der Waals surface area contributed by atoms with E-state index in [2.05, 4.69) is 10.2 Å². The molecule has 1 aromatic rings. The summed E-state index contributed by atoms with van der Waals surface area (Å²) in [7, 11) is 0. The first-order valence-electron chi connectivity index (χ1n) is 5.08. The summed E-state index contributed by atoms with van der Waals surface area (Å²) in [6.45, 7) is 2.03. The molecular weight excluding hydrogens is 162 g/mol. The molecule has 1 aromatic heterocycles. The molecule has 0 bridgehead atoms. The molecule has 1 aliphatic carbocycles. The van der Waals surface area contributed by atoms with Gasteiger partial charge in [0.15, 0.2) is 0 Å². The summed E-state index contributed by atoms with van der Waals surface area (Å²) in [6.07, 6.45) is 5.87. The van der Waals surface area contributed by atoms with Crippen LogP contribution in [0, 0.1) is 0 Å². The van der Waals surface area contributed by atoms with E-state index < -0.39 is 0 Å². The fourth-order valence-corrected chi connectivity index (χ4v) is 2.02. The number of rotatable bonds is 2. The first kappa shape index (κ1) is 8.75. The Morgan fingerprint density at radius 3 is 3.00 bits per heavy atom. The van der Waals surface area contributed by atoms with Crippen molar-refractivity contribution in [2.45, 2.75) is 45.1 Å². The molecule has 3 nitrogen and oxygen atoms in total. The maximum absolute atomic E-state index is 5.76. The Hall–Kier alpha value is -0.830. The lowest BCUT2D eigenvalue weighted by molar-refractivity contribution is 0.665. The van der Waals surface area contributed by atoms with Crippen LogP contribution in [0.1, 0.15) is 36.7 Å². The van der Waals surface area contributed by atoms with Gasteiger partial charge in [-0.05, 0) is 38.2 Å². The first-order valence-corrected chi connectivity index (χ1v) is 5.08. The van der Waals surface area contributed by atoms with E-state index in [-0.39, 0.29) is 6.04 Å². The highest BCUT2D eigenvalue weighted by Gasteiger charge is 2.16. The summed E-state index contributed by atoms with van der Waals surface area (Å²) in [5.41, 5.74) is 9.76. The van der Waals surface area contributed by atoms with E-state index in [1.54, 1.807) is 0 Å². The first-order chi connectivity index (χ1) is 6.27. The van der Waals surface area contributed by atoms with Gasteiger partial charge in [0, 0.05) is 18.2 Å². The minimum absolute atomic E-state index is 0.217. The molecule has 0 aliphatic heterocycles. The van der Waals surface area contributed by atoms with Gasteiger partial charge in [0.1, 0.15) is 0 Å². The van der Waals surface area contributed by atoms with Gasteiger partial charge >= 0.3 is 0 Å². The number of nitrogens with one attached hydrogen (secondary N) is 1. The van der Waals surface area contributed by atoms with Crippen molar-refractivity contribution in [2.24, 2.45) is 5.73 Å². The largest absolute Gasteiger partial charge is 0.328 e. The highest BCUT2D eigenvalue weighted by Crippen LogP contribution is 2.22. The van der Waals surface area contributed by atoms with Crippen molar-refractivity contribution in [1.82, 2.24) is 10.2 Å². The van der Waals surface area contributed by atoms with Gasteiger partial charge < -0.3 is 5.73 Å². The predicted octanol–water partition coefficient (Wildman–Crippen LogP) is 1.18. The van der Waals surface area contributed by atoms with E-state index in [9.17, 15) is 0 Å². The number of H-pyrrole nitrogens is 1. The van der Waals surface area contributed by atoms with Crippen LogP contribution in [0.5, 0.6) is 0 Å². The summed E-state index contributed by atoms with van der Waals surface area (Å²) in [6, 6.07) is 0.217. The van der Waals surface area contributed by atoms with Crippen LogP contribution in [0.2, 0.25) is 0 Å². The average Bonchev–Trinajstić information content (AvgIpc) is 2.48. The summed E-state index contributed by atoms with van der Waals surface area (Å²) < 4.78 is 0. The monoisotopic (exact) mass is 179 g/mol. The zero-order valence-electron chi connectivity index (χ0n) is 8.14. The van der Waals surface area contributed by atoms with Gasteiger partial charge in [-0.25, -0.2) is 0 Å². The summed E-state index contributed by atoms with van der Waals surface area (Å²) in [5.74, 6) is 0. The number of aromatic nitrogens is 2. The van der Waals surface area contributed by atoms with Gasteiger partial charge in [0.05, 0.1) is 5.69 Å². The van der Waals surface area contributed by atoms with Crippen molar-refractivity contribution in [3.05, 3.63) is 17.0 Å². The molecule has 2 rings (SSSR count). The number of nitrogens with two attached hydrogens (primary N) is 1. The predicted molar refractivity (Wildman–Crippen MR) is 52.6 cm³/mol. The molecule has 0 unspecified atom stereocenters. The van der Waals surface area contributed by atoms with Gasteiger partial charge in [-0.15, -0.1) is 0 Å². The van der Waals surface area contributed by atoms with Crippen LogP contribution in [-0.2, 0) is 19.3 Å². The second kappa shape index (κ2) is 3.50. The summed E-state index contributed by atoms with van der Waals surface area (Å²) in [5, 5.41) is 7.46. The number of hydrogen-bond acceptors (Lipinski definition) is 2. The molecule has 0 fully saturated rings. The van der Waals surface area contributed by atoms with Crippen LogP contribution >= 0.6 is 0 Å². The van der Waals surface area contributed by atoms with Gasteiger partial charge in [0.25, 0.3) is 0 Å². The van der Waals surface area contributed by atoms with Crippen molar-refractivity contribution in [1.29, 1.82) is 0 Å². The Bertz CT molecular complexity index is 288. The zero-order valence-corrected chi connectivity index (χ0v) is 8.14. The average molecular weight is 179 g/mol. The third-order valence-electron chi connectivity index (χ3n) is 2.66. The van der Waals surface area contributed by atoms with Crippen LogP contribution in [0.3, 0.4) is 0 Å². The number of aromatic amines is 1. The number of hydrogen-bond donors (Lipinski definition) is 2. The third kappa shape index (κ3) is 1.75. The van der Waals surface area contributed by atoms with Gasteiger partial charge in [-0.1, -0.05) is 0 Å². The minimum Gasteiger partial charge on any atom is -0.328 e. The molecule has 72 valence electrons. The number of nitrogens with zero attached hydrogens (tertiary/aromatic N) is 1. The maximum atomic E-state index is 5.76. The molecule has 1 heterocycles. The van der Waals surface area contributed by atoms with E-state index in [4.69, 9.17) is 5.73 Å². The van der Waals surface area contributed by atoms with Crippen LogP contribution in [0.4, 0.5) is 0 Å². The second-order valence-corrected chi connectivity index (χ2v) is 4.02. The van der Waals surface area contributed by atoms with Crippen molar-refractivity contribution in [2.75, 3.05) is 0 Å². The van der Waals surface area contributed by atoms with E-state index in [1.165, 1.54) is 42.6 Å². The molecule has 3 N–H and O–H groups in total. The second-order valence-electron chi connectivity index (χ2n) is 4.02. The Morgan fingerprint density at radius 2 is 2.23 bits per heavy atom. The normalized spacial score (nSPS) is 18.3. The number of fused-ring (bicyclic) bond motifs is 1. The lowest BCUT2D eigenvalue weighted by Crippen LogP contribution is -2.19. The third-order valence-corrected chi connectivity index (χ3v) is 2.66. The Balaban J connectivity index is 2.21. The van der Waals surface area contributed by atoms with Crippen LogP contribution in [-0.4, -0.2) is 16.2 Å². The molecular formula is C10H17N3. The summed E-state index contributed by atoms with van der Waals surface area (Å²) >= 11 is 0. The van der Waals surface area contributed by atoms with Gasteiger partial charge in [-0.2, -0.15) is 5.10 Å². The molecule has 13 heavy (non-hydrogen) atoms. The Morgan fingerprint density at radius 1 is 1.46 bits per heavy atom. The Labute approximate surface area is 78.7 Å². The van der Waals surface area contributed by atoms with E-state index >= 15 is 0 Å². The fourth-order valence-electron chi connectivity index (χ4n) is 2.02. The fraction of sp³-hybridized carbons (Fsp3) is 0.700. The van der Waals surface area contributed by atoms with Crippen molar-refractivity contribution in [3.63, 3.8) is 0 Å². The van der Waals surface area contributed by atoms with E-state index in [1.807, 2.05) is 6.92 Å². The lowest BCUT2D eigenvalue weighted by atomic mass is 9.94. The quantitative estimate of drug-likeness (QED) is 0.716. The molecule has 0 radical (unpaired) electrons. The smallest absolute Gasteiger partial charge is 0.0672 e. The Kier molecular flexibility index (Phi) is 2.36. The van der Waals surface area contributed by atoms with Crippen molar-refractivity contribution < 1.29 is 0 Å².